The maximum Gasteiger partial charge on any atom is 0.225 e. The maximum absolute atomic E-state index is 5.52. The molecule has 2 rings (SSSR count). The van der Waals surface area contributed by atoms with Crippen LogP contribution in [0.5, 0.6) is 0 Å². The second-order valence-electron chi connectivity index (χ2n) is 4.37. The van der Waals surface area contributed by atoms with Gasteiger partial charge in [0, 0.05) is 50.2 Å². The Hall–Kier alpha value is -1.20. The fourth-order valence-corrected chi connectivity index (χ4v) is 1.85. The summed E-state index contributed by atoms with van der Waals surface area (Å²) in [6.45, 7) is 5.75. The molecule has 0 saturated carbocycles. The third-order valence-electron chi connectivity index (χ3n) is 3.17. The molecule has 0 amide bonds. The molecule has 0 bridgehead atoms. The molecule has 5 heteroatoms. The largest absolute Gasteiger partial charge is 0.338 e. The Morgan fingerprint density at radius 2 is 2.06 bits per heavy atom. The van der Waals surface area contributed by atoms with Crippen molar-refractivity contribution >= 4 is 5.95 Å². The van der Waals surface area contributed by atoms with E-state index in [0.29, 0.717) is 12.6 Å². The first-order valence-electron chi connectivity index (χ1n) is 5.67. The highest BCUT2D eigenvalue weighted by atomic mass is 15.3. The summed E-state index contributed by atoms with van der Waals surface area (Å²) in [5.41, 5.74) is 6.50. The smallest absolute Gasteiger partial charge is 0.225 e. The van der Waals surface area contributed by atoms with Crippen LogP contribution in [0, 0.1) is 0 Å². The number of piperazine rings is 1. The molecule has 1 aliphatic rings. The van der Waals surface area contributed by atoms with Gasteiger partial charge in [-0.25, -0.2) is 9.97 Å². The second-order valence-corrected chi connectivity index (χ2v) is 4.37. The van der Waals surface area contributed by atoms with E-state index in [2.05, 4.69) is 33.7 Å². The quantitative estimate of drug-likeness (QED) is 0.766. The van der Waals surface area contributed by atoms with Crippen molar-refractivity contribution in [2.75, 3.05) is 31.6 Å². The summed E-state index contributed by atoms with van der Waals surface area (Å²) in [6.07, 6.45) is 3.62. The number of nitrogens with zero attached hydrogens (tertiary/aromatic N) is 4. The number of hydrogen-bond acceptors (Lipinski definition) is 5. The molecular formula is C11H19N5. The summed E-state index contributed by atoms with van der Waals surface area (Å²) in [6, 6.07) is 0.548. The molecule has 0 aliphatic carbocycles. The fraction of sp³-hybridized carbons (Fsp3) is 0.636. The SMILES string of the molecule is CC1CN(c2ncc(CN)cn2)CCN1C. The number of anilines is 1. The Bertz CT molecular complexity index is 337. The zero-order chi connectivity index (χ0) is 11.5. The minimum Gasteiger partial charge on any atom is -0.338 e. The number of rotatable bonds is 2. The van der Waals surface area contributed by atoms with E-state index in [4.69, 9.17) is 5.73 Å². The van der Waals surface area contributed by atoms with Gasteiger partial charge in [0.15, 0.2) is 0 Å². The molecule has 88 valence electrons. The van der Waals surface area contributed by atoms with Crippen molar-refractivity contribution in [3.05, 3.63) is 18.0 Å². The van der Waals surface area contributed by atoms with E-state index in [1.165, 1.54) is 0 Å². The Morgan fingerprint density at radius 3 is 2.62 bits per heavy atom. The van der Waals surface area contributed by atoms with Crippen molar-refractivity contribution in [2.45, 2.75) is 19.5 Å². The molecular weight excluding hydrogens is 202 g/mol. The van der Waals surface area contributed by atoms with Gasteiger partial charge in [0.05, 0.1) is 0 Å². The van der Waals surface area contributed by atoms with Gasteiger partial charge in [0.25, 0.3) is 0 Å². The standard InChI is InChI=1S/C11H19N5/c1-9-8-16(4-3-15(9)2)11-13-6-10(5-12)7-14-11/h6-7,9H,3-5,8,12H2,1-2H3. The minimum absolute atomic E-state index is 0.499. The first kappa shape index (κ1) is 11.3. The van der Waals surface area contributed by atoms with Gasteiger partial charge in [-0.1, -0.05) is 0 Å². The van der Waals surface area contributed by atoms with Gasteiger partial charge in [-0.15, -0.1) is 0 Å². The van der Waals surface area contributed by atoms with Crippen molar-refractivity contribution in [1.29, 1.82) is 0 Å². The van der Waals surface area contributed by atoms with Gasteiger partial charge in [0.2, 0.25) is 5.95 Å². The Balaban J connectivity index is 2.06. The molecule has 1 saturated heterocycles. The van der Waals surface area contributed by atoms with E-state index in [-0.39, 0.29) is 0 Å². The molecule has 1 aliphatic heterocycles. The predicted molar refractivity (Wildman–Crippen MR) is 64.2 cm³/mol. The average Bonchev–Trinajstić information content (AvgIpc) is 2.33. The summed E-state index contributed by atoms with van der Waals surface area (Å²) in [5.74, 6) is 0.817. The minimum atomic E-state index is 0.499. The van der Waals surface area contributed by atoms with Crippen molar-refractivity contribution in [1.82, 2.24) is 14.9 Å². The van der Waals surface area contributed by atoms with E-state index in [0.717, 1.165) is 31.1 Å². The first-order chi connectivity index (χ1) is 7.70. The highest BCUT2D eigenvalue weighted by Crippen LogP contribution is 2.13. The normalized spacial score (nSPS) is 22.4. The van der Waals surface area contributed by atoms with Gasteiger partial charge in [-0.3, -0.25) is 0 Å². The van der Waals surface area contributed by atoms with Gasteiger partial charge in [-0.05, 0) is 14.0 Å². The van der Waals surface area contributed by atoms with Gasteiger partial charge in [-0.2, -0.15) is 0 Å². The molecule has 1 unspecified atom stereocenters. The molecule has 0 radical (unpaired) electrons. The van der Waals surface area contributed by atoms with Crippen LogP contribution in [-0.2, 0) is 6.54 Å². The summed E-state index contributed by atoms with van der Waals surface area (Å²) in [4.78, 5) is 13.3. The van der Waals surface area contributed by atoms with E-state index < -0.39 is 0 Å². The van der Waals surface area contributed by atoms with E-state index in [1.54, 1.807) is 0 Å². The van der Waals surface area contributed by atoms with Crippen LogP contribution < -0.4 is 10.6 Å². The van der Waals surface area contributed by atoms with Crippen LogP contribution in [-0.4, -0.2) is 47.6 Å². The van der Waals surface area contributed by atoms with E-state index in [1.807, 2.05) is 12.4 Å². The second kappa shape index (κ2) is 4.76. The summed E-state index contributed by atoms with van der Waals surface area (Å²) >= 11 is 0. The van der Waals surface area contributed by atoms with Crippen LogP contribution in [0.25, 0.3) is 0 Å². The first-order valence-corrected chi connectivity index (χ1v) is 5.67. The molecule has 2 N–H and O–H groups in total. The Morgan fingerprint density at radius 1 is 1.38 bits per heavy atom. The van der Waals surface area contributed by atoms with Crippen molar-refractivity contribution < 1.29 is 0 Å². The molecule has 1 aromatic rings. The lowest BCUT2D eigenvalue weighted by Crippen LogP contribution is -2.50. The fourth-order valence-electron chi connectivity index (χ4n) is 1.85. The van der Waals surface area contributed by atoms with Gasteiger partial charge < -0.3 is 15.5 Å². The number of aromatic nitrogens is 2. The van der Waals surface area contributed by atoms with E-state index in [9.17, 15) is 0 Å². The summed E-state index contributed by atoms with van der Waals surface area (Å²) in [5, 5.41) is 0. The monoisotopic (exact) mass is 221 g/mol. The zero-order valence-electron chi connectivity index (χ0n) is 9.93. The van der Waals surface area contributed by atoms with Gasteiger partial charge >= 0.3 is 0 Å². The summed E-state index contributed by atoms with van der Waals surface area (Å²) < 4.78 is 0. The zero-order valence-corrected chi connectivity index (χ0v) is 9.93. The number of likely N-dealkylation sites (N-methyl/N-ethyl adjacent to an activating group) is 1. The molecule has 1 atom stereocenters. The van der Waals surface area contributed by atoms with Crippen LogP contribution in [0.3, 0.4) is 0 Å². The van der Waals surface area contributed by atoms with Crippen LogP contribution in [0.2, 0.25) is 0 Å². The molecule has 1 aromatic heterocycles. The average molecular weight is 221 g/mol. The number of hydrogen-bond donors (Lipinski definition) is 1. The lowest BCUT2D eigenvalue weighted by molar-refractivity contribution is 0.233. The topological polar surface area (TPSA) is 58.3 Å². The molecule has 0 spiro atoms. The number of nitrogens with two attached hydrogens (primary N) is 1. The van der Waals surface area contributed by atoms with Crippen LogP contribution in [0.15, 0.2) is 12.4 Å². The highest BCUT2D eigenvalue weighted by molar-refractivity contribution is 5.31. The maximum atomic E-state index is 5.52. The van der Waals surface area contributed by atoms with Crippen molar-refractivity contribution in [2.24, 2.45) is 5.73 Å². The third kappa shape index (κ3) is 2.31. The predicted octanol–water partition coefficient (Wildman–Crippen LogP) is 0.0756. The Kier molecular flexibility index (Phi) is 3.36. The molecule has 5 nitrogen and oxygen atoms in total. The van der Waals surface area contributed by atoms with Crippen LogP contribution in [0.1, 0.15) is 12.5 Å². The lowest BCUT2D eigenvalue weighted by atomic mass is 10.2. The lowest BCUT2D eigenvalue weighted by Gasteiger charge is -2.37. The van der Waals surface area contributed by atoms with Crippen LogP contribution >= 0.6 is 0 Å². The van der Waals surface area contributed by atoms with Crippen molar-refractivity contribution in [3.8, 4) is 0 Å². The summed E-state index contributed by atoms with van der Waals surface area (Å²) in [7, 11) is 2.15. The molecule has 2 heterocycles. The Labute approximate surface area is 96.3 Å². The third-order valence-corrected chi connectivity index (χ3v) is 3.17. The molecule has 16 heavy (non-hydrogen) atoms. The van der Waals surface area contributed by atoms with Crippen molar-refractivity contribution in [3.63, 3.8) is 0 Å². The molecule has 0 aromatic carbocycles. The van der Waals surface area contributed by atoms with Crippen LogP contribution in [0.4, 0.5) is 5.95 Å². The highest BCUT2D eigenvalue weighted by Gasteiger charge is 2.21. The van der Waals surface area contributed by atoms with E-state index >= 15 is 0 Å². The van der Waals surface area contributed by atoms with Gasteiger partial charge in [0.1, 0.15) is 0 Å². The molecule has 1 fully saturated rings.